The van der Waals surface area contributed by atoms with Gasteiger partial charge in [0, 0.05) is 20.0 Å². The zero-order valence-electron chi connectivity index (χ0n) is 11.5. The molecule has 2 aromatic carbocycles. The van der Waals surface area contributed by atoms with E-state index in [1.165, 1.54) is 12.1 Å². The Labute approximate surface area is 146 Å². The Morgan fingerprint density at radius 3 is 2.62 bits per heavy atom. The molecule has 0 aliphatic rings. The standard InChI is InChI=1S/C16H15Br2ClFN/c1-2-21-16(13-8-11(17)4-6-15(13)19)7-10-3-5-12(20)9-14(10)18/h3-6,8-9,16,21H,2,7H2,1H3. The molecule has 2 aromatic rings. The summed E-state index contributed by atoms with van der Waals surface area (Å²) in [5, 5.41) is 4.16. The monoisotopic (exact) mass is 433 g/mol. The van der Waals surface area contributed by atoms with Crippen molar-refractivity contribution in [2.75, 3.05) is 6.54 Å². The fraction of sp³-hybridized carbons (Fsp3) is 0.250. The van der Waals surface area contributed by atoms with Crippen LogP contribution in [-0.2, 0) is 6.42 Å². The van der Waals surface area contributed by atoms with Crippen LogP contribution in [0.5, 0.6) is 0 Å². The van der Waals surface area contributed by atoms with Gasteiger partial charge in [-0.25, -0.2) is 4.39 Å². The molecule has 0 saturated heterocycles. The summed E-state index contributed by atoms with van der Waals surface area (Å²) >= 11 is 13.2. The molecule has 0 spiro atoms. The van der Waals surface area contributed by atoms with E-state index < -0.39 is 0 Å². The van der Waals surface area contributed by atoms with Crippen molar-refractivity contribution < 1.29 is 4.39 Å². The second-order valence-corrected chi connectivity index (χ2v) is 6.89. The summed E-state index contributed by atoms with van der Waals surface area (Å²) in [6.07, 6.45) is 0.727. The van der Waals surface area contributed by atoms with Crippen LogP contribution in [0, 0.1) is 5.82 Å². The van der Waals surface area contributed by atoms with E-state index in [9.17, 15) is 4.39 Å². The van der Waals surface area contributed by atoms with E-state index >= 15 is 0 Å². The van der Waals surface area contributed by atoms with Crippen molar-refractivity contribution in [1.29, 1.82) is 0 Å². The van der Waals surface area contributed by atoms with Crippen LogP contribution in [0.2, 0.25) is 5.02 Å². The fourth-order valence-electron chi connectivity index (χ4n) is 2.23. The Hall–Kier alpha value is -0.420. The van der Waals surface area contributed by atoms with Crippen LogP contribution in [0.1, 0.15) is 24.1 Å². The summed E-state index contributed by atoms with van der Waals surface area (Å²) in [7, 11) is 0. The van der Waals surface area contributed by atoms with Crippen LogP contribution in [-0.4, -0.2) is 6.54 Å². The second kappa shape index (κ2) is 7.73. The van der Waals surface area contributed by atoms with E-state index in [0.29, 0.717) is 0 Å². The van der Waals surface area contributed by atoms with E-state index in [0.717, 1.165) is 38.1 Å². The largest absolute Gasteiger partial charge is 0.310 e. The highest BCUT2D eigenvalue weighted by molar-refractivity contribution is 9.10. The number of hydrogen-bond donors (Lipinski definition) is 1. The average Bonchev–Trinajstić information content (AvgIpc) is 2.44. The van der Waals surface area contributed by atoms with E-state index in [1.54, 1.807) is 6.07 Å². The minimum atomic E-state index is -0.244. The summed E-state index contributed by atoms with van der Waals surface area (Å²) in [6, 6.07) is 10.7. The zero-order chi connectivity index (χ0) is 15.4. The predicted octanol–water partition coefficient (Wildman–Crippen LogP) is 5.90. The van der Waals surface area contributed by atoms with Crippen molar-refractivity contribution in [2.24, 2.45) is 0 Å². The van der Waals surface area contributed by atoms with Crippen LogP contribution < -0.4 is 5.32 Å². The molecular formula is C16H15Br2ClFN. The maximum absolute atomic E-state index is 13.2. The first-order valence-corrected chi connectivity index (χ1v) is 8.60. The molecule has 21 heavy (non-hydrogen) atoms. The minimum Gasteiger partial charge on any atom is -0.310 e. The van der Waals surface area contributed by atoms with Crippen molar-refractivity contribution in [3.05, 3.63) is 67.3 Å². The molecule has 0 aliphatic heterocycles. The van der Waals surface area contributed by atoms with Crippen molar-refractivity contribution in [2.45, 2.75) is 19.4 Å². The third-order valence-corrected chi connectivity index (χ3v) is 4.80. The number of hydrogen-bond acceptors (Lipinski definition) is 1. The molecule has 1 N–H and O–H groups in total. The van der Waals surface area contributed by atoms with Gasteiger partial charge in [-0.2, -0.15) is 0 Å². The van der Waals surface area contributed by atoms with Gasteiger partial charge in [0.25, 0.3) is 0 Å². The lowest BCUT2D eigenvalue weighted by Crippen LogP contribution is -2.23. The maximum atomic E-state index is 13.2. The number of nitrogens with one attached hydrogen (secondary N) is 1. The maximum Gasteiger partial charge on any atom is 0.124 e. The number of likely N-dealkylation sites (N-methyl/N-ethyl adjacent to an activating group) is 1. The molecule has 0 radical (unpaired) electrons. The Balaban J connectivity index is 2.32. The highest BCUT2D eigenvalue weighted by Crippen LogP contribution is 2.30. The Kier molecular flexibility index (Phi) is 6.23. The number of halogens is 4. The molecule has 0 aromatic heterocycles. The van der Waals surface area contributed by atoms with E-state index in [2.05, 4.69) is 44.1 Å². The molecule has 1 atom stereocenters. The van der Waals surface area contributed by atoms with Gasteiger partial charge >= 0.3 is 0 Å². The first-order chi connectivity index (χ1) is 10.0. The normalized spacial score (nSPS) is 12.4. The van der Waals surface area contributed by atoms with Crippen LogP contribution >= 0.6 is 43.5 Å². The minimum absolute atomic E-state index is 0.0711. The van der Waals surface area contributed by atoms with Gasteiger partial charge in [-0.15, -0.1) is 0 Å². The van der Waals surface area contributed by atoms with Gasteiger partial charge in [-0.05, 0) is 54.4 Å². The van der Waals surface area contributed by atoms with Gasteiger partial charge in [0.05, 0.1) is 0 Å². The Morgan fingerprint density at radius 1 is 1.19 bits per heavy atom. The number of benzene rings is 2. The molecule has 0 bridgehead atoms. The average molecular weight is 436 g/mol. The van der Waals surface area contributed by atoms with Crippen molar-refractivity contribution in [3.63, 3.8) is 0 Å². The lowest BCUT2D eigenvalue weighted by molar-refractivity contribution is 0.547. The van der Waals surface area contributed by atoms with Gasteiger partial charge in [0.1, 0.15) is 5.82 Å². The molecule has 0 fully saturated rings. The summed E-state index contributed by atoms with van der Waals surface area (Å²) in [4.78, 5) is 0. The lowest BCUT2D eigenvalue weighted by Gasteiger charge is -2.21. The van der Waals surface area contributed by atoms with Crippen molar-refractivity contribution >= 4 is 43.5 Å². The SMILES string of the molecule is CCNC(Cc1ccc(F)cc1Br)c1cc(Br)ccc1Cl. The van der Waals surface area contributed by atoms with Gasteiger partial charge in [0.15, 0.2) is 0 Å². The predicted molar refractivity (Wildman–Crippen MR) is 93.4 cm³/mol. The van der Waals surface area contributed by atoms with Crippen LogP contribution in [0.25, 0.3) is 0 Å². The smallest absolute Gasteiger partial charge is 0.124 e. The molecule has 1 nitrogen and oxygen atoms in total. The second-order valence-electron chi connectivity index (χ2n) is 4.72. The molecule has 112 valence electrons. The summed E-state index contributed by atoms with van der Waals surface area (Å²) < 4.78 is 15.0. The highest BCUT2D eigenvalue weighted by Gasteiger charge is 2.16. The molecule has 2 rings (SSSR count). The molecule has 1 unspecified atom stereocenters. The molecular weight excluding hydrogens is 420 g/mol. The van der Waals surface area contributed by atoms with Gasteiger partial charge in [-0.1, -0.05) is 56.5 Å². The quantitative estimate of drug-likeness (QED) is 0.617. The topological polar surface area (TPSA) is 12.0 Å². The number of rotatable bonds is 5. The first kappa shape index (κ1) is 16.9. The Bertz CT molecular complexity index is 634. The third kappa shape index (κ3) is 4.52. The van der Waals surface area contributed by atoms with Gasteiger partial charge < -0.3 is 5.32 Å². The summed E-state index contributed by atoms with van der Waals surface area (Å²) in [6.45, 7) is 2.88. The fourth-order valence-corrected chi connectivity index (χ4v) is 3.37. The lowest BCUT2D eigenvalue weighted by atomic mass is 9.98. The molecule has 0 heterocycles. The van der Waals surface area contributed by atoms with E-state index in [4.69, 9.17) is 11.6 Å². The van der Waals surface area contributed by atoms with E-state index in [-0.39, 0.29) is 11.9 Å². The zero-order valence-corrected chi connectivity index (χ0v) is 15.4. The Morgan fingerprint density at radius 2 is 1.95 bits per heavy atom. The first-order valence-electron chi connectivity index (χ1n) is 6.63. The molecule has 0 saturated carbocycles. The molecule has 0 aliphatic carbocycles. The van der Waals surface area contributed by atoms with Gasteiger partial charge in [0.2, 0.25) is 0 Å². The summed E-state index contributed by atoms with van der Waals surface area (Å²) in [5.41, 5.74) is 2.07. The molecule has 5 heteroatoms. The van der Waals surface area contributed by atoms with Crippen LogP contribution in [0.3, 0.4) is 0 Å². The van der Waals surface area contributed by atoms with Crippen molar-refractivity contribution in [1.82, 2.24) is 5.32 Å². The van der Waals surface area contributed by atoms with Crippen LogP contribution in [0.15, 0.2) is 45.3 Å². The third-order valence-electron chi connectivity index (χ3n) is 3.22. The van der Waals surface area contributed by atoms with Crippen molar-refractivity contribution in [3.8, 4) is 0 Å². The van der Waals surface area contributed by atoms with E-state index in [1.807, 2.05) is 18.2 Å². The van der Waals surface area contributed by atoms with Crippen LogP contribution in [0.4, 0.5) is 4.39 Å². The van der Waals surface area contributed by atoms with Gasteiger partial charge in [-0.3, -0.25) is 0 Å². The molecule has 0 amide bonds. The summed E-state index contributed by atoms with van der Waals surface area (Å²) in [5.74, 6) is -0.244. The highest BCUT2D eigenvalue weighted by atomic mass is 79.9.